The van der Waals surface area contributed by atoms with Gasteiger partial charge in [0, 0.05) is 31.4 Å². The molecule has 7 nitrogen and oxygen atoms in total. The second-order valence-electron chi connectivity index (χ2n) is 7.00. The van der Waals surface area contributed by atoms with Crippen molar-refractivity contribution in [2.75, 3.05) is 56.8 Å². The van der Waals surface area contributed by atoms with Gasteiger partial charge in [0.05, 0.1) is 39.2 Å². The van der Waals surface area contributed by atoms with Crippen LogP contribution in [-0.4, -0.2) is 52.5 Å². The number of rotatable bonds is 8. The topological polar surface area (TPSA) is 67.4 Å². The number of guanidine groups is 1. The lowest BCUT2D eigenvalue weighted by molar-refractivity contribution is 0.122. The molecule has 0 aliphatic carbocycles. The van der Waals surface area contributed by atoms with Gasteiger partial charge >= 0.3 is 0 Å². The summed E-state index contributed by atoms with van der Waals surface area (Å²) in [4.78, 5) is 6.61. The maximum atomic E-state index is 14.7. The Hall–Kier alpha value is -3.00. The number of methoxy groups -OCH3 is 1. The van der Waals surface area contributed by atoms with Crippen molar-refractivity contribution in [3.63, 3.8) is 0 Å². The van der Waals surface area contributed by atoms with Crippen LogP contribution in [0.2, 0.25) is 0 Å². The minimum atomic E-state index is -0.233. The molecular weight excluding hydrogens is 399 g/mol. The molecule has 0 atom stereocenters. The number of aliphatic imine (C=N–C) groups is 1. The molecule has 2 aromatic rings. The summed E-state index contributed by atoms with van der Waals surface area (Å²) in [5.74, 6) is 1.70. The van der Waals surface area contributed by atoms with Crippen molar-refractivity contribution in [1.82, 2.24) is 5.32 Å². The summed E-state index contributed by atoms with van der Waals surface area (Å²) in [7, 11) is 1.61. The van der Waals surface area contributed by atoms with Gasteiger partial charge in [-0.25, -0.2) is 9.38 Å². The molecule has 0 saturated carbocycles. The van der Waals surface area contributed by atoms with Crippen LogP contribution in [0.4, 0.5) is 15.8 Å². The third-order valence-corrected chi connectivity index (χ3v) is 4.85. The van der Waals surface area contributed by atoms with E-state index >= 15 is 0 Å². The largest absolute Gasteiger partial charge is 0.493 e. The van der Waals surface area contributed by atoms with Gasteiger partial charge in [0.25, 0.3) is 0 Å². The summed E-state index contributed by atoms with van der Waals surface area (Å²) in [5, 5.41) is 6.47. The zero-order valence-electron chi connectivity index (χ0n) is 18.4. The first kappa shape index (κ1) is 22.7. The van der Waals surface area contributed by atoms with E-state index in [1.165, 1.54) is 0 Å². The Morgan fingerprint density at radius 2 is 1.94 bits per heavy atom. The minimum Gasteiger partial charge on any atom is -0.493 e. The van der Waals surface area contributed by atoms with E-state index in [0.29, 0.717) is 69.1 Å². The van der Waals surface area contributed by atoms with Crippen LogP contribution >= 0.6 is 0 Å². The molecular formula is C23H31FN4O3. The van der Waals surface area contributed by atoms with Gasteiger partial charge in [-0.05, 0) is 43.7 Å². The first-order valence-electron chi connectivity index (χ1n) is 10.6. The molecule has 1 fully saturated rings. The lowest BCUT2D eigenvalue weighted by Gasteiger charge is -2.29. The predicted octanol–water partition coefficient (Wildman–Crippen LogP) is 3.65. The van der Waals surface area contributed by atoms with Crippen LogP contribution < -0.4 is 25.0 Å². The highest BCUT2D eigenvalue weighted by Gasteiger charge is 2.15. The highest BCUT2D eigenvalue weighted by molar-refractivity contribution is 5.93. The van der Waals surface area contributed by atoms with Crippen molar-refractivity contribution >= 4 is 17.3 Å². The summed E-state index contributed by atoms with van der Waals surface area (Å²) in [6, 6.07) is 10.9. The molecule has 2 N–H and O–H groups in total. The lowest BCUT2D eigenvalue weighted by atomic mass is 10.1. The molecule has 1 heterocycles. The Morgan fingerprint density at radius 3 is 2.61 bits per heavy atom. The summed E-state index contributed by atoms with van der Waals surface area (Å²) in [6.07, 6.45) is 0. The van der Waals surface area contributed by atoms with Crippen LogP contribution in [0, 0.1) is 5.82 Å². The van der Waals surface area contributed by atoms with E-state index in [-0.39, 0.29) is 5.82 Å². The Kier molecular flexibility index (Phi) is 8.35. The van der Waals surface area contributed by atoms with Gasteiger partial charge in [-0.15, -0.1) is 0 Å². The Labute approximate surface area is 183 Å². The average Bonchev–Trinajstić information content (AvgIpc) is 2.79. The van der Waals surface area contributed by atoms with Crippen molar-refractivity contribution in [3.05, 3.63) is 47.8 Å². The van der Waals surface area contributed by atoms with Crippen LogP contribution in [-0.2, 0) is 11.3 Å². The maximum absolute atomic E-state index is 14.7. The lowest BCUT2D eigenvalue weighted by Crippen LogP contribution is -2.36. The standard InChI is InChI=1S/C23H31FN4O3/c1-4-25-23(27-18-7-9-21(31-5-2)22(15-18)29-3)26-16-17-6-8-20(19(24)14-17)28-10-12-30-13-11-28/h6-9,14-15H,4-5,10-13,16H2,1-3H3,(H2,25,26,27). The van der Waals surface area contributed by atoms with Crippen LogP contribution in [0.1, 0.15) is 19.4 Å². The van der Waals surface area contributed by atoms with Gasteiger partial charge in [0.15, 0.2) is 17.5 Å². The molecule has 31 heavy (non-hydrogen) atoms. The molecule has 1 aliphatic rings. The van der Waals surface area contributed by atoms with Gasteiger partial charge < -0.3 is 29.7 Å². The number of anilines is 2. The highest BCUT2D eigenvalue weighted by Crippen LogP contribution is 2.30. The van der Waals surface area contributed by atoms with Crippen molar-refractivity contribution in [2.45, 2.75) is 20.4 Å². The highest BCUT2D eigenvalue weighted by atomic mass is 19.1. The molecule has 3 rings (SSSR count). The van der Waals surface area contributed by atoms with E-state index in [2.05, 4.69) is 15.6 Å². The van der Waals surface area contributed by atoms with E-state index in [1.54, 1.807) is 13.2 Å². The van der Waals surface area contributed by atoms with Gasteiger partial charge in [0.1, 0.15) is 5.82 Å². The number of nitrogens with one attached hydrogen (secondary N) is 2. The summed E-state index contributed by atoms with van der Waals surface area (Å²) < 4.78 is 31.0. The van der Waals surface area contributed by atoms with E-state index < -0.39 is 0 Å². The Balaban J connectivity index is 1.70. The number of ether oxygens (including phenoxy) is 3. The van der Waals surface area contributed by atoms with E-state index in [4.69, 9.17) is 14.2 Å². The number of hydrogen-bond donors (Lipinski definition) is 2. The molecule has 1 aliphatic heterocycles. The van der Waals surface area contributed by atoms with Crippen LogP contribution in [0.5, 0.6) is 11.5 Å². The summed E-state index contributed by atoms with van der Waals surface area (Å²) in [5.41, 5.74) is 2.23. The van der Waals surface area contributed by atoms with Crippen molar-refractivity contribution in [3.8, 4) is 11.5 Å². The zero-order chi connectivity index (χ0) is 22.1. The van der Waals surface area contributed by atoms with Gasteiger partial charge in [-0.2, -0.15) is 0 Å². The Bertz CT molecular complexity index is 885. The third kappa shape index (κ3) is 6.24. The van der Waals surface area contributed by atoms with Crippen molar-refractivity contribution in [1.29, 1.82) is 0 Å². The molecule has 0 aromatic heterocycles. The first-order chi connectivity index (χ1) is 15.1. The first-order valence-corrected chi connectivity index (χ1v) is 10.6. The zero-order valence-corrected chi connectivity index (χ0v) is 18.4. The fourth-order valence-corrected chi connectivity index (χ4v) is 3.34. The van der Waals surface area contributed by atoms with E-state index in [0.717, 1.165) is 11.3 Å². The molecule has 8 heteroatoms. The smallest absolute Gasteiger partial charge is 0.196 e. The van der Waals surface area contributed by atoms with Crippen LogP contribution in [0.25, 0.3) is 0 Å². The number of morpholine rings is 1. The van der Waals surface area contributed by atoms with E-state index in [1.807, 2.05) is 49.1 Å². The van der Waals surface area contributed by atoms with Crippen LogP contribution in [0.3, 0.4) is 0 Å². The normalized spacial score (nSPS) is 14.3. The monoisotopic (exact) mass is 430 g/mol. The van der Waals surface area contributed by atoms with Gasteiger partial charge in [0.2, 0.25) is 0 Å². The fraction of sp³-hybridized carbons (Fsp3) is 0.435. The molecule has 0 bridgehead atoms. The summed E-state index contributed by atoms with van der Waals surface area (Å²) >= 11 is 0. The average molecular weight is 431 g/mol. The predicted molar refractivity (Wildman–Crippen MR) is 122 cm³/mol. The molecule has 2 aromatic carbocycles. The molecule has 1 saturated heterocycles. The van der Waals surface area contributed by atoms with Gasteiger partial charge in [-0.3, -0.25) is 0 Å². The second kappa shape index (κ2) is 11.4. The molecule has 168 valence electrons. The summed E-state index contributed by atoms with van der Waals surface area (Å²) in [6.45, 7) is 8.19. The van der Waals surface area contributed by atoms with Crippen molar-refractivity contribution < 1.29 is 18.6 Å². The fourth-order valence-electron chi connectivity index (χ4n) is 3.34. The van der Waals surface area contributed by atoms with E-state index in [9.17, 15) is 4.39 Å². The molecule has 0 amide bonds. The second-order valence-corrected chi connectivity index (χ2v) is 7.00. The Morgan fingerprint density at radius 1 is 1.13 bits per heavy atom. The minimum absolute atomic E-state index is 0.233. The number of nitrogens with zero attached hydrogens (tertiary/aromatic N) is 2. The molecule has 0 radical (unpaired) electrons. The quantitative estimate of drug-likeness (QED) is 0.492. The number of benzene rings is 2. The van der Waals surface area contributed by atoms with Crippen molar-refractivity contribution in [2.24, 2.45) is 4.99 Å². The molecule has 0 spiro atoms. The molecule has 0 unspecified atom stereocenters. The van der Waals surface area contributed by atoms with Crippen LogP contribution in [0.15, 0.2) is 41.4 Å². The SMILES string of the molecule is CCNC(=NCc1ccc(N2CCOCC2)c(F)c1)Nc1ccc(OCC)c(OC)c1. The number of hydrogen-bond acceptors (Lipinski definition) is 5. The maximum Gasteiger partial charge on any atom is 0.196 e. The van der Waals surface area contributed by atoms with Gasteiger partial charge in [-0.1, -0.05) is 6.07 Å². The number of halogens is 1. The third-order valence-electron chi connectivity index (χ3n) is 4.85.